The van der Waals surface area contributed by atoms with Gasteiger partial charge in [0.1, 0.15) is 0 Å². The standard InChI is InChI=1S/C10H15NOS.ClH/c1-2-13-9-5-3-8(4-6-9)10(11)7-12;/h3-6,10,12H,2,7,11H2,1H3;1H. The van der Waals surface area contributed by atoms with Gasteiger partial charge in [-0.2, -0.15) is 0 Å². The Bertz CT molecular complexity index is 253. The predicted octanol–water partition coefficient (Wildman–Crippen LogP) is 2.21. The van der Waals surface area contributed by atoms with Crippen LogP contribution in [-0.4, -0.2) is 17.5 Å². The van der Waals surface area contributed by atoms with Gasteiger partial charge in [0.05, 0.1) is 12.6 Å². The first-order chi connectivity index (χ1) is 6.27. The number of aliphatic hydroxyl groups excluding tert-OH is 1. The maximum Gasteiger partial charge on any atom is 0.0624 e. The molecule has 80 valence electrons. The molecule has 0 aromatic heterocycles. The lowest BCUT2D eigenvalue weighted by Gasteiger charge is -2.08. The lowest BCUT2D eigenvalue weighted by Crippen LogP contribution is -2.14. The van der Waals surface area contributed by atoms with E-state index in [1.54, 1.807) is 11.8 Å². The van der Waals surface area contributed by atoms with Crippen molar-refractivity contribution in [2.24, 2.45) is 5.73 Å². The lowest BCUT2D eigenvalue weighted by molar-refractivity contribution is 0.268. The molecule has 1 unspecified atom stereocenters. The average Bonchev–Trinajstić information content (AvgIpc) is 2.18. The summed E-state index contributed by atoms with van der Waals surface area (Å²) in [5, 5.41) is 8.83. The van der Waals surface area contributed by atoms with Crippen LogP contribution in [0.25, 0.3) is 0 Å². The second-order valence-electron chi connectivity index (χ2n) is 2.79. The third kappa shape index (κ3) is 3.88. The van der Waals surface area contributed by atoms with Crippen LogP contribution in [0.4, 0.5) is 0 Å². The van der Waals surface area contributed by atoms with Crippen LogP contribution in [0.1, 0.15) is 18.5 Å². The number of halogens is 1. The molecular weight excluding hydrogens is 218 g/mol. The SMILES string of the molecule is CCSc1ccc(C(N)CO)cc1.Cl. The average molecular weight is 234 g/mol. The summed E-state index contributed by atoms with van der Waals surface area (Å²) < 4.78 is 0. The van der Waals surface area contributed by atoms with Gasteiger partial charge in [-0.15, -0.1) is 24.2 Å². The summed E-state index contributed by atoms with van der Waals surface area (Å²) in [4.78, 5) is 1.25. The first kappa shape index (κ1) is 13.8. The van der Waals surface area contributed by atoms with Crippen molar-refractivity contribution in [2.75, 3.05) is 12.4 Å². The molecule has 1 atom stereocenters. The van der Waals surface area contributed by atoms with Crippen molar-refractivity contribution in [2.45, 2.75) is 17.9 Å². The molecule has 2 nitrogen and oxygen atoms in total. The first-order valence-electron chi connectivity index (χ1n) is 4.37. The Kier molecular flexibility index (Phi) is 7.01. The Morgan fingerprint density at radius 3 is 2.36 bits per heavy atom. The van der Waals surface area contributed by atoms with Crippen molar-refractivity contribution < 1.29 is 5.11 Å². The Balaban J connectivity index is 0.00000169. The maximum absolute atomic E-state index is 8.83. The van der Waals surface area contributed by atoms with E-state index in [-0.39, 0.29) is 25.1 Å². The highest BCUT2D eigenvalue weighted by atomic mass is 35.5. The first-order valence-corrected chi connectivity index (χ1v) is 5.35. The molecule has 0 saturated heterocycles. The summed E-state index contributed by atoms with van der Waals surface area (Å²) >= 11 is 1.80. The van der Waals surface area contributed by atoms with Crippen LogP contribution < -0.4 is 5.73 Å². The second-order valence-corrected chi connectivity index (χ2v) is 4.13. The van der Waals surface area contributed by atoms with Gasteiger partial charge in [-0.05, 0) is 23.4 Å². The van der Waals surface area contributed by atoms with Crippen molar-refractivity contribution >= 4 is 24.2 Å². The molecule has 1 rings (SSSR count). The van der Waals surface area contributed by atoms with Gasteiger partial charge in [0.2, 0.25) is 0 Å². The zero-order valence-electron chi connectivity index (χ0n) is 8.14. The number of rotatable bonds is 4. The molecule has 0 bridgehead atoms. The monoisotopic (exact) mass is 233 g/mol. The van der Waals surface area contributed by atoms with Crippen LogP contribution in [-0.2, 0) is 0 Å². The fraction of sp³-hybridized carbons (Fsp3) is 0.400. The third-order valence-corrected chi connectivity index (χ3v) is 2.71. The molecule has 0 heterocycles. The molecule has 0 amide bonds. The fourth-order valence-electron chi connectivity index (χ4n) is 1.08. The lowest BCUT2D eigenvalue weighted by atomic mass is 10.1. The van der Waals surface area contributed by atoms with E-state index in [1.165, 1.54) is 4.90 Å². The number of thioether (sulfide) groups is 1. The Hall–Kier alpha value is -0.220. The number of benzene rings is 1. The predicted molar refractivity (Wildman–Crippen MR) is 64.1 cm³/mol. The Labute approximate surface area is 95.3 Å². The van der Waals surface area contributed by atoms with E-state index in [0.717, 1.165) is 11.3 Å². The molecule has 3 N–H and O–H groups in total. The van der Waals surface area contributed by atoms with E-state index < -0.39 is 0 Å². The molecule has 4 heteroatoms. The molecule has 0 fully saturated rings. The number of hydrogen-bond donors (Lipinski definition) is 2. The zero-order chi connectivity index (χ0) is 9.68. The Morgan fingerprint density at radius 2 is 1.93 bits per heavy atom. The van der Waals surface area contributed by atoms with Crippen LogP contribution in [0.5, 0.6) is 0 Å². The number of nitrogens with two attached hydrogens (primary N) is 1. The fourth-order valence-corrected chi connectivity index (χ4v) is 1.75. The number of hydrogen-bond acceptors (Lipinski definition) is 3. The summed E-state index contributed by atoms with van der Waals surface area (Å²) in [5.41, 5.74) is 6.65. The van der Waals surface area contributed by atoms with E-state index in [2.05, 4.69) is 6.92 Å². The van der Waals surface area contributed by atoms with Crippen LogP contribution in [0.3, 0.4) is 0 Å². The van der Waals surface area contributed by atoms with Gasteiger partial charge in [0.25, 0.3) is 0 Å². The van der Waals surface area contributed by atoms with Gasteiger partial charge >= 0.3 is 0 Å². The van der Waals surface area contributed by atoms with Crippen LogP contribution >= 0.6 is 24.2 Å². The Morgan fingerprint density at radius 1 is 1.36 bits per heavy atom. The van der Waals surface area contributed by atoms with Crippen molar-refractivity contribution in [3.8, 4) is 0 Å². The second kappa shape index (κ2) is 7.12. The normalized spacial score (nSPS) is 11.9. The molecule has 0 saturated carbocycles. The molecular formula is C10H16ClNOS. The molecule has 14 heavy (non-hydrogen) atoms. The van der Waals surface area contributed by atoms with Gasteiger partial charge in [-0.3, -0.25) is 0 Å². The van der Waals surface area contributed by atoms with Crippen LogP contribution in [0.2, 0.25) is 0 Å². The van der Waals surface area contributed by atoms with E-state index >= 15 is 0 Å². The summed E-state index contributed by atoms with van der Waals surface area (Å²) in [5.74, 6) is 1.07. The van der Waals surface area contributed by atoms with Crippen LogP contribution in [0, 0.1) is 0 Å². The van der Waals surface area contributed by atoms with E-state index in [0.29, 0.717) is 0 Å². The molecule has 0 aliphatic rings. The smallest absolute Gasteiger partial charge is 0.0624 e. The van der Waals surface area contributed by atoms with Gasteiger partial charge in [0.15, 0.2) is 0 Å². The van der Waals surface area contributed by atoms with Gasteiger partial charge in [0, 0.05) is 4.90 Å². The van der Waals surface area contributed by atoms with Gasteiger partial charge < -0.3 is 10.8 Å². The minimum absolute atomic E-state index is 0. The minimum Gasteiger partial charge on any atom is -0.394 e. The van der Waals surface area contributed by atoms with E-state index in [1.807, 2.05) is 24.3 Å². The quantitative estimate of drug-likeness (QED) is 0.784. The topological polar surface area (TPSA) is 46.2 Å². The largest absolute Gasteiger partial charge is 0.394 e. The molecule has 0 aliphatic carbocycles. The molecule has 0 aliphatic heterocycles. The van der Waals surface area contributed by atoms with E-state index in [9.17, 15) is 0 Å². The van der Waals surface area contributed by atoms with Crippen molar-refractivity contribution in [3.05, 3.63) is 29.8 Å². The highest BCUT2D eigenvalue weighted by molar-refractivity contribution is 7.99. The highest BCUT2D eigenvalue weighted by Crippen LogP contribution is 2.19. The zero-order valence-corrected chi connectivity index (χ0v) is 9.78. The van der Waals surface area contributed by atoms with Crippen molar-refractivity contribution in [3.63, 3.8) is 0 Å². The minimum atomic E-state index is -0.249. The van der Waals surface area contributed by atoms with Gasteiger partial charge in [-0.25, -0.2) is 0 Å². The highest BCUT2D eigenvalue weighted by Gasteiger charge is 2.02. The van der Waals surface area contributed by atoms with Gasteiger partial charge in [-0.1, -0.05) is 19.1 Å². The summed E-state index contributed by atoms with van der Waals surface area (Å²) in [6.45, 7) is 2.12. The van der Waals surface area contributed by atoms with Crippen LogP contribution in [0.15, 0.2) is 29.2 Å². The summed E-state index contributed by atoms with van der Waals surface area (Å²) in [6, 6.07) is 7.77. The molecule has 1 aromatic carbocycles. The summed E-state index contributed by atoms with van der Waals surface area (Å²) in [6.07, 6.45) is 0. The molecule has 1 aromatic rings. The maximum atomic E-state index is 8.83. The number of aliphatic hydroxyl groups is 1. The van der Waals surface area contributed by atoms with Crippen molar-refractivity contribution in [1.82, 2.24) is 0 Å². The summed E-state index contributed by atoms with van der Waals surface area (Å²) in [7, 11) is 0. The molecule has 0 radical (unpaired) electrons. The van der Waals surface area contributed by atoms with Crippen molar-refractivity contribution in [1.29, 1.82) is 0 Å². The van der Waals surface area contributed by atoms with E-state index in [4.69, 9.17) is 10.8 Å². The third-order valence-electron chi connectivity index (χ3n) is 1.82. The molecule has 0 spiro atoms.